The Morgan fingerprint density at radius 3 is 2.96 bits per heavy atom. The quantitative estimate of drug-likeness (QED) is 0.741. The summed E-state index contributed by atoms with van der Waals surface area (Å²) in [6, 6.07) is 8.84. The zero-order chi connectivity index (χ0) is 15.6. The number of likely N-dealkylation sites (tertiary alicyclic amines) is 1. The van der Waals surface area contributed by atoms with E-state index in [1.807, 2.05) is 17.1 Å². The molecule has 0 bridgehead atoms. The van der Waals surface area contributed by atoms with Gasteiger partial charge in [0, 0.05) is 13.1 Å². The van der Waals surface area contributed by atoms with Crippen LogP contribution in [0.3, 0.4) is 0 Å². The van der Waals surface area contributed by atoms with Crippen LogP contribution in [0.25, 0.3) is 11.0 Å². The molecule has 120 valence electrons. The predicted molar refractivity (Wildman–Crippen MR) is 88.8 cm³/mol. The van der Waals surface area contributed by atoms with Crippen molar-refractivity contribution in [3.63, 3.8) is 0 Å². The van der Waals surface area contributed by atoms with Gasteiger partial charge in [0.15, 0.2) is 0 Å². The number of aryl methyl sites for hydroxylation is 1. The summed E-state index contributed by atoms with van der Waals surface area (Å²) in [5, 5.41) is 4.26. The average molecular weight is 310 g/mol. The van der Waals surface area contributed by atoms with Crippen LogP contribution in [-0.2, 0) is 20.1 Å². The lowest BCUT2D eigenvalue weighted by Crippen LogP contribution is -2.42. The number of piperidine rings is 1. The van der Waals surface area contributed by atoms with Gasteiger partial charge in [0.1, 0.15) is 18.5 Å². The van der Waals surface area contributed by atoms with Gasteiger partial charge in [-0.1, -0.05) is 18.6 Å². The molecule has 0 amide bonds. The van der Waals surface area contributed by atoms with Crippen LogP contribution < -0.4 is 0 Å². The van der Waals surface area contributed by atoms with E-state index >= 15 is 0 Å². The first-order valence-corrected chi connectivity index (χ1v) is 8.28. The minimum Gasteiger partial charge on any atom is -0.330 e. The molecular formula is C17H22N6. The fraction of sp³-hybridized carbons (Fsp3) is 0.471. The van der Waals surface area contributed by atoms with Gasteiger partial charge < -0.3 is 4.57 Å². The summed E-state index contributed by atoms with van der Waals surface area (Å²) in [6.07, 6.45) is 7.18. The Balaban J connectivity index is 1.56. The molecule has 1 saturated heterocycles. The van der Waals surface area contributed by atoms with Crippen LogP contribution in [0, 0.1) is 0 Å². The van der Waals surface area contributed by atoms with Gasteiger partial charge in [0.2, 0.25) is 0 Å². The van der Waals surface area contributed by atoms with Gasteiger partial charge in [-0.15, -0.1) is 0 Å². The molecule has 1 aromatic carbocycles. The molecule has 0 saturated carbocycles. The van der Waals surface area contributed by atoms with Gasteiger partial charge >= 0.3 is 0 Å². The third-order valence-corrected chi connectivity index (χ3v) is 4.84. The van der Waals surface area contributed by atoms with Crippen LogP contribution in [-0.4, -0.2) is 41.8 Å². The maximum atomic E-state index is 4.82. The van der Waals surface area contributed by atoms with Crippen molar-refractivity contribution in [1.82, 2.24) is 29.2 Å². The lowest BCUT2D eigenvalue weighted by atomic mass is 10.0. The highest BCUT2D eigenvalue weighted by Crippen LogP contribution is 2.22. The number of nitrogens with zero attached hydrogens (tertiary/aromatic N) is 6. The Morgan fingerprint density at radius 1 is 1.22 bits per heavy atom. The SMILES string of the molecule is Cn1c(CN2CCCCC2Cn2cncn2)nc2ccccc21. The minimum atomic E-state index is 0.505. The molecule has 1 aliphatic rings. The normalized spacial score (nSPS) is 19.4. The number of aromatic nitrogens is 5. The van der Waals surface area contributed by atoms with Crippen LogP contribution in [0.2, 0.25) is 0 Å². The van der Waals surface area contributed by atoms with E-state index in [0.717, 1.165) is 31.0 Å². The summed E-state index contributed by atoms with van der Waals surface area (Å²) in [5.41, 5.74) is 2.28. The van der Waals surface area contributed by atoms with E-state index in [1.54, 1.807) is 6.33 Å². The largest absolute Gasteiger partial charge is 0.330 e. The first-order valence-electron chi connectivity index (χ1n) is 8.28. The maximum Gasteiger partial charge on any atom is 0.137 e. The monoisotopic (exact) mass is 310 g/mol. The minimum absolute atomic E-state index is 0.505. The Hall–Kier alpha value is -2.21. The van der Waals surface area contributed by atoms with Crippen molar-refractivity contribution >= 4 is 11.0 Å². The highest BCUT2D eigenvalue weighted by Gasteiger charge is 2.24. The van der Waals surface area contributed by atoms with E-state index in [4.69, 9.17) is 4.98 Å². The summed E-state index contributed by atoms with van der Waals surface area (Å²) in [7, 11) is 2.11. The molecule has 1 unspecified atom stereocenters. The van der Waals surface area contributed by atoms with Crippen LogP contribution in [0.5, 0.6) is 0 Å². The smallest absolute Gasteiger partial charge is 0.137 e. The Morgan fingerprint density at radius 2 is 2.13 bits per heavy atom. The maximum absolute atomic E-state index is 4.82. The fourth-order valence-corrected chi connectivity index (χ4v) is 3.54. The standard InChI is InChI=1S/C17H22N6/c1-21-16-8-3-2-7-15(16)20-17(21)11-22-9-5-4-6-14(22)10-23-13-18-12-19-23/h2-3,7-8,12-14H,4-6,9-11H2,1H3. The van der Waals surface area contributed by atoms with Crippen molar-refractivity contribution in [3.05, 3.63) is 42.7 Å². The molecule has 1 atom stereocenters. The number of imidazole rings is 1. The lowest BCUT2D eigenvalue weighted by molar-refractivity contribution is 0.118. The molecule has 1 aliphatic heterocycles. The van der Waals surface area contributed by atoms with Crippen molar-refractivity contribution in [2.45, 2.75) is 38.4 Å². The molecule has 1 fully saturated rings. The summed E-state index contributed by atoms with van der Waals surface area (Å²) >= 11 is 0. The van der Waals surface area contributed by atoms with E-state index in [9.17, 15) is 0 Å². The van der Waals surface area contributed by atoms with E-state index in [2.05, 4.69) is 44.8 Å². The second kappa shape index (κ2) is 6.12. The van der Waals surface area contributed by atoms with E-state index in [-0.39, 0.29) is 0 Å². The van der Waals surface area contributed by atoms with Gasteiger partial charge in [0.05, 0.1) is 24.1 Å². The van der Waals surface area contributed by atoms with E-state index in [0.29, 0.717) is 6.04 Å². The van der Waals surface area contributed by atoms with Crippen LogP contribution in [0.15, 0.2) is 36.9 Å². The van der Waals surface area contributed by atoms with E-state index in [1.165, 1.54) is 24.8 Å². The molecule has 6 heteroatoms. The topological polar surface area (TPSA) is 51.8 Å². The molecule has 0 aliphatic carbocycles. The number of hydrogen-bond donors (Lipinski definition) is 0. The zero-order valence-corrected chi connectivity index (χ0v) is 13.5. The second-order valence-electron chi connectivity index (χ2n) is 6.31. The third kappa shape index (κ3) is 2.86. The van der Waals surface area contributed by atoms with Gasteiger partial charge in [-0.05, 0) is 31.5 Å². The molecular weight excluding hydrogens is 288 g/mol. The first-order chi connectivity index (χ1) is 11.3. The van der Waals surface area contributed by atoms with Crippen LogP contribution >= 0.6 is 0 Å². The lowest BCUT2D eigenvalue weighted by Gasteiger charge is -2.35. The molecule has 2 aromatic heterocycles. The number of rotatable bonds is 4. The first kappa shape index (κ1) is 14.4. The van der Waals surface area contributed by atoms with Gasteiger partial charge in [-0.2, -0.15) is 5.10 Å². The van der Waals surface area contributed by atoms with Gasteiger partial charge in [-0.25, -0.2) is 9.97 Å². The average Bonchev–Trinajstić information content (AvgIpc) is 3.19. The molecule has 4 rings (SSSR count). The second-order valence-corrected chi connectivity index (χ2v) is 6.31. The molecule has 23 heavy (non-hydrogen) atoms. The Labute approximate surface area is 135 Å². The molecule has 0 radical (unpaired) electrons. The fourth-order valence-electron chi connectivity index (χ4n) is 3.54. The van der Waals surface area contributed by atoms with Crippen LogP contribution in [0.4, 0.5) is 0 Å². The van der Waals surface area contributed by atoms with Crippen molar-refractivity contribution in [2.24, 2.45) is 7.05 Å². The highest BCUT2D eigenvalue weighted by molar-refractivity contribution is 5.75. The summed E-state index contributed by atoms with van der Waals surface area (Å²) in [4.78, 5) is 11.4. The van der Waals surface area contributed by atoms with E-state index < -0.39 is 0 Å². The molecule has 0 N–H and O–H groups in total. The van der Waals surface area contributed by atoms with Crippen LogP contribution in [0.1, 0.15) is 25.1 Å². The van der Waals surface area contributed by atoms with Gasteiger partial charge in [0.25, 0.3) is 0 Å². The van der Waals surface area contributed by atoms with Crippen molar-refractivity contribution in [1.29, 1.82) is 0 Å². The molecule has 3 heterocycles. The van der Waals surface area contributed by atoms with Crippen molar-refractivity contribution in [3.8, 4) is 0 Å². The Kier molecular flexibility index (Phi) is 3.83. The van der Waals surface area contributed by atoms with Crippen molar-refractivity contribution in [2.75, 3.05) is 6.54 Å². The summed E-state index contributed by atoms with van der Waals surface area (Å²) < 4.78 is 4.16. The molecule has 6 nitrogen and oxygen atoms in total. The zero-order valence-electron chi connectivity index (χ0n) is 13.5. The summed E-state index contributed by atoms with van der Waals surface area (Å²) in [6.45, 7) is 2.93. The predicted octanol–water partition coefficient (Wildman–Crippen LogP) is 2.22. The number of fused-ring (bicyclic) bond motifs is 1. The molecule has 3 aromatic rings. The third-order valence-electron chi connectivity index (χ3n) is 4.84. The number of para-hydroxylation sites is 2. The number of hydrogen-bond acceptors (Lipinski definition) is 4. The number of benzene rings is 1. The Bertz CT molecular complexity index is 776. The van der Waals surface area contributed by atoms with Crippen molar-refractivity contribution < 1.29 is 0 Å². The molecule has 0 spiro atoms. The summed E-state index contributed by atoms with van der Waals surface area (Å²) in [5.74, 6) is 1.14. The van der Waals surface area contributed by atoms with Gasteiger partial charge in [-0.3, -0.25) is 9.58 Å². The highest BCUT2D eigenvalue weighted by atomic mass is 15.3.